The molecule has 2 aliphatic rings. The Morgan fingerprint density at radius 3 is 2.64 bits per heavy atom. The van der Waals surface area contributed by atoms with Gasteiger partial charge in [0.25, 0.3) is 11.8 Å². The Balaban J connectivity index is 1.89. The number of carbonyl (C=O) groups excluding carboxylic acids is 2. The summed E-state index contributed by atoms with van der Waals surface area (Å²) in [6.07, 6.45) is 1.64. The Kier molecular flexibility index (Phi) is 3.74. The van der Waals surface area contributed by atoms with E-state index in [2.05, 4.69) is 0 Å². The first kappa shape index (κ1) is 14.8. The van der Waals surface area contributed by atoms with E-state index in [4.69, 9.17) is 4.74 Å². The highest BCUT2D eigenvalue weighted by Crippen LogP contribution is 2.30. The second-order valence-corrected chi connectivity index (χ2v) is 5.88. The van der Waals surface area contributed by atoms with Crippen LogP contribution < -0.4 is 0 Å². The summed E-state index contributed by atoms with van der Waals surface area (Å²) < 4.78 is 5.48. The van der Waals surface area contributed by atoms with Gasteiger partial charge in [-0.15, -0.1) is 0 Å². The van der Waals surface area contributed by atoms with Gasteiger partial charge in [0.05, 0.1) is 18.2 Å². The molecule has 0 bridgehead atoms. The molecule has 1 fully saturated rings. The SMILES string of the molecule is Cc1ccc(C2=C(O)C(=O)N(CC3CCCO3)C2=O)cc1C. The molecule has 1 N–H and O–H groups in total. The standard InChI is InChI=1S/C17H19NO4/c1-10-5-6-12(8-11(10)2)14-15(19)17(21)18(16(14)20)9-13-4-3-7-22-13/h5-6,8,13,19H,3-4,7,9H2,1-2H3. The summed E-state index contributed by atoms with van der Waals surface area (Å²) in [5.74, 6) is -1.54. The summed E-state index contributed by atoms with van der Waals surface area (Å²) in [7, 11) is 0. The van der Waals surface area contributed by atoms with Gasteiger partial charge < -0.3 is 9.84 Å². The third kappa shape index (κ3) is 2.41. The Morgan fingerprint density at radius 1 is 1.23 bits per heavy atom. The van der Waals surface area contributed by atoms with Gasteiger partial charge >= 0.3 is 0 Å². The van der Waals surface area contributed by atoms with Gasteiger partial charge in [-0.2, -0.15) is 0 Å². The number of aryl methyl sites for hydroxylation is 2. The monoisotopic (exact) mass is 301 g/mol. The lowest BCUT2D eigenvalue weighted by molar-refractivity contribution is -0.139. The minimum Gasteiger partial charge on any atom is -0.502 e. The van der Waals surface area contributed by atoms with E-state index in [-0.39, 0.29) is 18.2 Å². The molecule has 1 unspecified atom stereocenters. The minimum absolute atomic E-state index is 0.0890. The normalized spacial score (nSPS) is 22.1. The molecular weight excluding hydrogens is 282 g/mol. The maximum absolute atomic E-state index is 12.5. The summed E-state index contributed by atoms with van der Waals surface area (Å²) in [5.41, 5.74) is 2.77. The zero-order valence-corrected chi connectivity index (χ0v) is 12.8. The molecule has 3 rings (SSSR count). The molecule has 0 aromatic heterocycles. The van der Waals surface area contributed by atoms with E-state index < -0.39 is 17.6 Å². The molecule has 1 saturated heterocycles. The van der Waals surface area contributed by atoms with Gasteiger partial charge in [0.15, 0.2) is 5.76 Å². The van der Waals surface area contributed by atoms with Crippen molar-refractivity contribution in [1.82, 2.24) is 4.90 Å². The number of aliphatic hydroxyl groups excluding tert-OH is 1. The highest BCUT2D eigenvalue weighted by Gasteiger charge is 2.40. The number of imide groups is 1. The van der Waals surface area contributed by atoms with Gasteiger partial charge in [0, 0.05) is 6.61 Å². The van der Waals surface area contributed by atoms with E-state index in [9.17, 15) is 14.7 Å². The molecule has 0 spiro atoms. The van der Waals surface area contributed by atoms with E-state index in [0.29, 0.717) is 12.2 Å². The van der Waals surface area contributed by atoms with E-state index >= 15 is 0 Å². The average molecular weight is 301 g/mol. The Labute approximate surface area is 129 Å². The molecule has 0 saturated carbocycles. The van der Waals surface area contributed by atoms with Crippen LogP contribution in [0.15, 0.2) is 24.0 Å². The molecule has 5 heteroatoms. The molecule has 2 heterocycles. The number of hydrogen-bond acceptors (Lipinski definition) is 4. The fourth-order valence-corrected chi connectivity index (χ4v) is 2.88. The largest absolute Gasteiger partial charge is 0.502 e. The molecular formula is C17H19NO4. The molecule has 22 heavy (non-hydrogen) atoms. The third-order valence-corrected chi connectivity index (χ3v) is 4.35. The molecule has 0 radical (unpaired) electrons. The molecule has 1 atom stereocenters. The van der Waals surface area contributed by atoms with Gasteiger partial charge in [-0.3, -0.25) is 14.5 Å². The number of hydrogen-bond donors (Lipinski definition) is 1. The second kappa shape index (κ2) is 5.57. The van der Waals surface area contributed by atoms with Crippen LogP contribution in [0.25, 0.3) is 5.57 Å². The molecule has 1 aromatic carbocycles. The lowest BCUT2D eigenvalue weighted by Crippen LogP contribution is -2.38. The van der Waals surface area contributed by atoms with E-state index in [0.717, 1.165) is 28.9 Å². The number of amides is 2. The van der Waals surface area contributed by atoms with Crippen LogP contribution in [0.3, 0.4) is 0 Å². The smallest absolute Gasteiger partial charge is 0.296 e. The number of ether oxygens (including phenoxy) is 1. The zero-order chi connectivity index (χ0) is 15.9. The first-order valence-electron chi connectivity index (χ1n) is 7.47. The lowest BCUT2D eigenvalue weighted by Gasteiger charge is -2.18. The van der Waals surface area contributed by atoms with Crippen molar-refractivity contribution >= 4 is 17.4 Å². The van der Waals surface area contributed by atoms with E-state index in [1.165, 1.54) is 0 Å². The first-order valence-corrected chi connectivity index (χ1v) is 7.47. The van der Waals surface area contributed by atoms with Crippen LogP contribution in [-0.2, 0) is 14.3 Å². The topological polar surface area (TPSA) is 66.8 Å². The van der Waals surface area contributed by atoms with Crippen molar-refractivity contribution in [3.05, 3.63) is 40.6 Å². The summed E-state index contributed by atoms with van der Waals surface area (Å²) in [6.45, 7) is 4.76. The Morgan fingerprint density at radius 2 is 2.00 bits per heavy atom. The third-order valence-electron chi connectivity index (χ3n) is 4.35. The number of carbonyl (C=O) groups is 2. The van der Waals surface area contributed by atoms with E-state index in [1.807, 2.05) is 26.0 Å². The van der Waals surface area contributed by atoms with Crippen LogP contribution in [0.5, 0.6) is 0 Å². The van der Waals surface area contributed by atoms with E-state index in [1.54, 1.807) is 6.07 Å². The van der Waals surface area contributed by atoms with Crippen LogP contribution in [-0.4, -0.2) is 41.1 Å². The second-order valence-electron chi connectivity index (χ2n) is 5.88. The summed E-state index contributed by atoms with van der Waals surface area (Å²) in [4.78, 5) is 25.8. The van der Waals surface area contributed by atoms with Crippen LogP contribution in [0.4, 0.5) is 0 Å². The van der Waals surface area contributed by atoms with Crippen molar-refractivity contribution in [2.24, 2.45) is 0 Å². The number of aliphatic hydroxyl groups is 1. The van der Waals surface area contributed by atoms with Crippen molar-refractivity contribution < 1.29 is 19.4 Å². The summed E-state index contributed by atoms with van der Waals surface area (Å²) in [6, 6.07) is 5.46. The van der Waals surface area contributed by atoms with Crippen LogP contribution in [0.2, 0.25) is 0 Å². The fourth-order valence-electron chi connectivity index (χ4n) is 2.88. The van der Waals surface area contributed by atoms with Crippen LogP contribution in [0, 0.1) is 13.8 Å². The van der Waals surface area contributed by atoms with Crippen LogP contribution >= 0.6 is 0 Å². The molecule has 2 aliphatic heterocycles. The first-order chi connectivity index (χ1) is 10.5. The van der Waals surface area contributed by atoms with Gasteiger partial charge in [0.1, 0.15) is 0 Å². The highest BCUT2D eigenvalue weighted by atomic mass is 16.5. The molecule has 5 nitrogen and oxygen atoms in total. The molecule has 0 aliphatic carbocycles. The minimum atomic E-state index is -0.631. The van der Waals surface area contributed by atoms with Crippen molar-refractivity contribution in [3.63, 3.8) is 0 Å². The summed E-state index contributed by atoms with van der Waals surface area (Å²) in [5, 5.41) is 10.1. The average Bonchev–Trinajstić information content (AvgIpc) is 3.06. The molecule has 116 valence electrons. The van der Waals surface area contributed by atoms with Crippen molar-refractivity contribution in [2.75, 3.05) is 13.2 Å². The van der Waals surface area contributed by atoms with Crippen molar-refractivity contribution in [2.45, 2.75) is 32.8 Å². The highest BCUT2D eigenvalue weighted by molar-refractivity contribution is 6.34. The Bertz CT molecular complexity index is 671. The summed E-state index contributed by atoms with van der Waals surface area (Å²) >= 11 is 0. The molecule has 1 aromatic rings. The van der Waals surface area contributed by atoms with Gasteiger partial charge in [-0.05, 0) is 43.4 Å². The predicted molar refractivity (Wildman–Crippen MR) is 81.2 cm³/mol. The number of benzene rings is 1. The van der Waals surface area contributed by atoms with Gasteiger partial charge in [-0.1, -0.05) is 18.2 Å². The lowest BCUT2D eigenvalue weighted by atomic mass is 10.00. The number of rotatable bonds is 3. The zero-order valence-electron chi connectivity index (χ0n) is 12.8. The maximum Gasteiger partial charge on any atom is 0.296 e. The number of nitrogens with zero attached hydrogens (tertiary/aromatic N) is 1. The Hall–Kier alpha value is -2.14. The molecule has 2 amide bonds. The quantitative estimate of drug-likeness (QED) is 0.868. The maximum atomic E-state index is 12.5. The van der Waals surface area contributed by atoms with Crippen LogP contribution in [0.1, 0.15) is 29.5 Å². The van der Waals surface area contributed by atoms with Gasteiger partial charge in [0.2, 0.25) is 0 Å². The van der Waals surface area contributed by atoms with Crippen molar-refractivity contribution in [1.29, 1.82) is 0 Å². The predicted octanol–water partition coefficient (Wildman–Crippen LogP) is 2.12. The van der Waals surface area contributed by atoms with Gasteiger partial charge in [-0.25, -0.2) is 0 Å². The fraction of sp³-hybridized carbons (Fsp3) is 0.412. The van der Waals surface area contributed by atoms with Crippen molar-refractivity contribution in [3.8, 4) is 0 Å².